The Kier molecular flexibility index (Phi) is 3.76. The zero-order valence-corrected chi connectivity index (χ0v) is 11.6. The lowest BCUT2D eigenvalue weighted by atomic mass is 10.2. The first kappa shape index (κ1) is 13.4. The highest BCUT2D eigenvalue weighted by molar-refractivity contribution is 6.34. The average Bonchev–Trinajstić information content (AvgIpc) is 2.74. The number of rotatable bonds is 3. The first-order valence-electron chi connectivity index (χ1n) is 5.75. The molecule has 0 radical (unpaired) electrons. The fraction of sp³-hybridized carbons (Fsp3) is 0.231. The van der Waals surface area contributed by atoms with Gasteiger partial charge in [-0.15, -0.1) is 0 Å². The van der Waals surface area contributed by atoms with Crippen LogP contribution in [0.4, 0.5) is 5.69 Å². The van der Waals surface area contributed by atoms with Crippen LogP contribution in [0.3, 0.4) is 0 Å². The minimum Gasteiger partial charge on any atom is -0.399 e. The van der Waals surface area contributed by atoms with Crippen LogP contribution in [-0.4, -0.2) is 27.4 Å². The number of halogens is 1. The highest BCUT2D eigenvalue weighted by Crippen LogP contribution is 2.20. The molecule has 0 saturated heterocycles. The fourth-order valence-corrected chi connectivity index (χ4v) is 2.01. The van der Waals surface area contributed by atoms with Crippen molar-refractivity contribution in [2.45, 2.75) is 6.54 Å². The van der Waals surface area contributed by atoms with Crippen LogP contribution in [0.25, 0.3) is 0 Å². The van der Waals surface area contributed by atoms with Gasteiger partial charge in [0.15, 0.2) is 0 Å². The Hall–Kier alpha value is -2.01. The summed E-state index contributed by atoms with van der Waals surface area (Å²) in [5.41, 5.74) is 6.58. The van der Waals surface area contributed by atoms with Crippen LogP contribution in [-0.2, 0) is 13.6 Å². The normalized spacial score (nSPS) is 10.5. The van der Waals surface area contributed by atoms with E-state index in [9.17, 15) is 4.79 Å². The van der Waals surface area contributed by atoms with Gasteiger partial charge in [0, 0.05) is 32.2 Å². The molecule has 2 rings (SSSR count). The third-order valence-electron chi connectivity index (χ3n) is 2.87. The molecule has 0 bridgehead atoms. The molecule has 5 nitrogen and oxygen atoms in total. The standard InChI is InChI=1S/C13H15ClN4O/c1-17-6-5-16-12(17)8-18(2)13(19)10-4-3-9(15)7-11(10)14/h3-7H,8,15H2,1-2H3. The Bertz CT molecular complexity index is 608. The van der Waals surface area contributed by atoms with Gasteiger partial charge in [0.25, 0.3) is 5.91 Å². The van der Waals surface area contributed by atoms with E-state index in [1.165, 1.54) is 0 Å². The molecule has 19 heavy (non-hydrogen) atoms. The van der Waals surface area contributed by atoms with E-state index in [2.05, 4.69) is 4.98 Å². The van der Waals surface area contributed by atoms with Crippen molar-refractivity contribution in [2.75, 3.05) is 12.8 Å². The van der Waals surface area contributed by atoms with Gasteiger partial charge in [0.2, 0.25) is 0 Å². The van der Waals surface area contributed by atoms with Crippen molar-refractivity contribution in [3.63, 3.8) is 0 Å². The van der Waals surface area contributed by atoms with Crippen LogP contribution in [0.2, 0.25) is 5.02 Å². The second-order valence-corrected chi connectivity index (χ2v) is 4.76. The minimum absolute atomic E-state index is 0.159. The molecule has 1 aromatic heterocycles. The van der Waals surface area contributed by atoms with Gasteiger partial charge in [-0.2, -0.15) is 0 Å². The topological polar surface area (TPSA) is 64.2 Å². The maximum atomic E-state index is 12.3. The quantitative estimate of drug-likeness (QED) is 0.873. The Labute approximate surface area is 116 Å². The number of carbonyl (C=O) groups excluding carboxylic acids is 1. The molecular weight excluding hydrogens is 264 g/mol. The maximum absolute atomic E-state index is 12.3. The summed E-state index contributed by atoms with van der Waals surface area (Å²) in [6.45, 7) is 0.420. The molecule has 2 aromatic rings. The number of imidazole rings is 1. The number of nitrogens with zero attached hydrogens (tertiary/aromatic N) is 3. The minimum atomic E-state index is -0.159. The van der Waals surface area contributed by atoms with Gasteiger partial charge in [-0.1, -0.05) is 11.6 Å². The molecule has 6 heteroatoms. The number of benzene rings is 1. The summed E-state index contributed by atoms with van der Waals surface area (Å²) in [4.78, 5) is 18.0. The molecule has 1 aromatic carbocycles. The van der Waals surface area contributed by atoms with Crippen molar-refractivity contribution >= 4 is 23.2 Å². The largest absolute Gasteiger partial charge is 0.399 e. The Balaban J connectivity index is 2.17. The van der Waals surface area contributed by atoms with Crippen molar-refractivity contribution in [1.82, 2.24) is 14.5 Å². The summed E-state index contributed by atoms with van der Waals surface area (Å²) in [5.74, 6) is 0.649. The van der Waals surface area contributed by atoms with E-state index < -0.39 is 0 Å². The van der Waals surface area contributed by atoms with Gasteiger partial charge in [-0.05, 0) is 18.2 Å². The average molecular weight is 279 g/mol. The number of amides is 1. The lowest BCUT2D eigenvalue weighted by molar-refractivity contribution is 0.0781. The predicted octanol–water partition coefficient (Wildman–Crippen LogP) is 1.93. The Morgan fingerprint density at radius 3 is 2.84 bits per heavy atom. The molecular formula is C13H15ClN4O. The number of aryl methyl sites for hydroxylation is 1. The van der Waals surface area contributed by atoms with Crippen LogP contribution in [0.5, 0.6) is 0 Å². The van der Waals surface area contributed by atoms with E-state index in [0.29, 0.717) is 22.8 Å². The Morgan fingerprint density at radius 2 is 2.26 bits per heavy atom. The van der Waals surface area contributed by atoms with Crippen molar-refractivity contribution < 1.29 is 4.79 Å². The van der Waals surface area contributed by atoms with E-state index in [-0.39, 0.29) is 5.91 Å². The SMILES string of the molecule is CN(Cc1nccn1C)C(=O)c1ccc(N)cc1Cl. The number of carbonyl (C=O) groups is 1. The summed E-state index contributed by atoms with van der Waals surface area (Å²) < 4.78 is 1.87. The first-order valence-corrected chi connectivity index (χ1v) is 6.13. The van der Waals surface area contributed by atoms with Gasteiger partial charge in [-0.3, -0.25) is 4.79 Å². The monoisotopic (exact) mass is 278 g/mol. The molecule has 0 aliphatic carbocycles. The van der Waals surface area contributed by atoms with E-state index in [0.717, 1.165) is 5.82 Å². The third kappa shape index (κ3) is 2.88. The van der Waals surface area contributed by atoms with Crippen LogP contribution in [0, 0.1) is 0 Å². The molecule has 1 heterocycles. The highest BCUT2D eigenvalue weighted by Gasteiger charge is 2.16. The van der Waals surface area contributed by atoms with Crippen LogP contribution in [0.1, 0.15) is 16.2 Å². The number of aromatic nitrogens is 2. The summed E-state index contributed by atoms with van der Waals surface area (Å²) in [6, 6.07) is 4.87. The van der Waals surface area contributed by atoms with Crippen molar-refractivity contribution in [3.05, 3.63) is 47.0 Å². The molecule has 0 aliphatic rings. The molecule has 0 unspecified atom stereocenters. The lowest BCUT2D eigenvalue weighted by Crippen LogP contribution is -2.27. The van der Waals surface area contributed by atoms with Crippen molar-refractivity contribution in [1.29, 1.82) is 0 Å². The molecule has 100 valence electrons. The number of hydrogen-bond donors (Lipinski definition) is 1. The second kappa shape index (κ2) is 5.32. The molecule has 0 saturated carbocycles. The maximum Gasteiger partial charge on any atom is 0.255 e. The van der Waals surface area contributed by atoms with E-state index >= 15 is 0 Å². The summed E-state index contributed by atoms with van der Waals surface area (Å²) in [6.07, 6.45) is 3.54. The van der Waals surface area contributed by atoms with Gasteiger partial charge >= 0.3 is 0 Å². The molecule has 1 amide bonds. The van der Waals surface area contributed by atoms with E-state index in [1.807, 2.05) is 17.8 Å². The predicted molar refractivity (Wildman–Crippen MR) is 74.9 cm³/mol. The zero-order valence-electron chi connectivity index (χ0n) is 10.8. The third-order valence-corrected chi connectivity index (χ3v) is 3.18. The zero-order chi connectivity index (χ0) is 14.0. The van der Waals surface area contributed by atoms with E-state index in [4.69, 9.17) is 17.3 Å². The lowest BCUT2D eigenvalue weighted by Gasteiger charge is -2.17. The molecule has 2 N–H and O–H groups in total. The van der Waals surface area contributed by atoms with Crippen molar-refractivity contribution in [2.24, 2.45) is 7.05 Å². The summed E-state index contributed by atoms with van der Waals surface area (Å²) >= 11 is 6.03. The molecule has 0 fully saturated rings. The van der Waals surface area contributed by atoms with Gasteiger partial charge in [-0.25, -0.2) is 4.98 Å². The van der Waals surface area contributed by atoms with Crippen molar-refractivity contribution in [3.8, 4) is 0 Å². The highest BCUT2D eigenvalue weighted by atomic mass is 35.5. The molecule has 0 spiro atoms. The van der Waals surface area contributed by atoms with E-state index in [1.54, 1.807) is 36.3 Å². The number of nitrogen functional groups attached to an aromatic ring is 1. The number of hydrogen-bond acceptors (Lipinski definition) is 3. The number of nitrogens with two attached hydrogens (primary N) is 1. The first-order chi connectivity index (χ1) is 8.99. The van der Waals surface area contributed by atoms with Gasteiger partial charge < -0.3 is 15.2 Å². The van der Waals surface area contributed by atoms with Crippen LogP contribution in [0.15, 0.2) is 30.6 Å². The van der Waals surface area contributed by atoms with Gasteiger partial charge in [0.05, 0.1) is 17.1 Å². The molecule has 0 aliphatic heterocycles. The number of anilines is 1. The smallest absolute Gasteiger partial charge is 0.255 e. The second-order valence-electron chi connectivity index (χ2n) is 4.35. The molecule has 0 atom stereocenters. The van der Waals surface area contributed by atoms with Crippen LogP contribution < -0.4 is 5.73 Å². The summed E-state index contributed by atoms with van der Waals surface area (Å²) in [5, 5.41) is 0.358. The van der Waals surface area contributed by atoms with Gasteiger partial charge in [0.1, 0.15) is 5.82 Å². The Morgan fingerprint density at radius 1 is 1.53 bits per heavy atom. The summed E-state index contributed by atoms with van der Waals surface area (Å²) in [7, 11) is 3.60. The fourth-order valence-electron chi connectivity index (χ4n) is 1.74. The van der Waals surface area contributed by atoms with Crippen LogP contribution >= 0.6 is 11.6 Å².